The largest absolute Gasteiger partial charge is 0.298 e. The zero-order valence-electron chi connectivity index (χ0n) is 8.08. The number of allylic oxidation sites excluding steroid dienone is 2. The Kier molecular flexibility index (Phi) is 3.44. The predicted molar refractivity (Wildman–Crippen MR) is 55.5 cm³/mol. The van der Waals surface area contributed by atoms with Crippen molar-refractivity contribution < 1.29 is 4.79 Å². The first-order valence-corrected chi connectivity index (χ1v) is 4.51. The third kappa shape index (κ3) is 2.28. The van der Waals surface area contributed by atoms with E-state index in [1.165, 1.54) is 0 Å². The van der Waals surface area contributed by atoms with Gasteiger partial charge in [-0.1, -0.05) is 37.3 Å². The van der Waals surface area contributed by atoms with Crippen molar-refractivity contribution >= 4 is 11.9 Å². The smallest absolute Gasteiger partial charge is 0.150 e. The zero-order valence-corrected chi connectivity index (χ0v) is 8.08. The van der Waals surface area contributed by atoms with Gasteiger partial charge in [0.25, 0.3) is 0 Å². The van der Waals surface area contributed by atoms with Crippen LogP contribution in [-0.4, -0.2) is 6.29 Å². The molecule has 1 aromatic carbocycles. The van der Waals surface area contributed by atoms with Gasteiger partial charge in [-0.2, -0.15) is 0 Å². The molecular formula is C12H14O. The third-order valence-electron chi connectivity index (χ3n) is 2.01. The van der Waals surface area contributed by atoms with E-state index in [1.807, 2.05) is 44.2 Å². The van der Waals surface area contributed by atoms with Gasteiger partial charge in [-0.25, -0.2) is 0 Å². The highest BCUT2D eigenvalue weighted by Gasteiger charge is 2.01. The number of aryl methyl sites for hydroxylation is 1. The van der Waals surface area contributed by atoms with Crippen LogP contribution in [-0.2, 0) is 4.79 Å². The molecule has 0 N–H and O–H groups in total. The van der Waals surface area contributed by atoms with E-state index in [1.54, 1.807) is 0 Å². The molecule has 0 fully saturated rings. The lowest BCUT2D eigenvalue weighted by molar-refractivity contribution is -0.103. The zero-order chi connectivity index (χ0) is 9.68. The molecule has 0 unspecified atom stereocenters. The van der Waals surface area contributed by atoms with E-state index in [0.717, 1.165) is 29.4 Å². The Morgan fingerprint density at radius 1 is 1.38 bits per heavy atom. The van der Waals surface area contributed by atoms with Gasteiger partial charge < -0.3 is 0 Å². The fourth-order valence-electron chi connectivity index (χ4n) is 1.34. The summed E-state index contributed by atoms with van der Waals surface area (Å²) in [5.41, 5.74) is 2.98. The molecule has 0 spiro atoms. The summed E-state index contributed by atoms with van der Waals surface area (Å²) in [4.78, 5) is 10.8. The highest BCUT2D eigenvalue weighted by molar-refractivity contribution is 6.07. The van der Waals surface area contributed by atoms with E-state index in [-0.39, 0.29) is 0 Å². The van der Waals surface area contributed by atoms with Gasteiger partial charge in [-0.15, -0.1) is 0 Å². The maximum atomic E-state index is 10.8. The lowest BCUT2D eigenvalue weighted by Gasteiger charge is -2.03. The molecule has 0 saturated carbocycles. The molecule has 0 aliphatic carbocycles. The van der Waals surface area contributed by atoms with E-state index in [2.05, 4.69) is 0 Å². The van der Waals surface area contributed by atoms with Gasteiger partial charge in [0.05, 0.1) is 0 Å². The van der Waals surface area contributed by atoms with Crippen LogP contribution in [0.1, 0.15) is 24.5 Å². The highest BCUT2D eigenvalue weighted by Crippen LogP contribution is 2.16. The average molecular weight is 174 g/mol. The van der Waals surface area contributed by atoms with E-state index in [0.29, 0.717) is 0 Å². The summed E-state index contributed by atoms with van der Waals surface area (Å²) in [6, 6.07) is 7.93. The van der Waals surface area contributed by atoms with E-state index >= 15 is 0 Å². The number of carbonyl (C=O) groups is 1. The standard InChI is InChI=1S/C12H14O/c1-3-6-11(9-13)12-8-5-4-7-10(12)2/h4-9H,3H2,1-2H3/b11-6-. The molecule has 13 heavy (non-hydrogen) atoms. The number of rotatable bonds is 3. The number of hydrogen-bond donors (Lipinski definition) is 0. The van der Waals surface area contributed by atoms with Crippen LogP contribution in [0.25, 0.3) is 5.57 Å². The second-order valence-electron chi connectivity index (χ2n) is 3.00. The van der Waals surface area contributed by atoms with Gasteiger partial charge in [-0.3, -0.25) is 4.79 Å². The normalized spacial score (nSPS) is 11.4. The number of carbonyl (C=O) groups excluding carboxylic acids is 1. The highest BCUT2D eigenvalue weighted by atomic mass is 16.1. The Balaban J connectivity index is 3.12. The molecule has 0 saturated heterocycles. The van der Waals surface area contributed by atoms with Crippen LogP contribution in [0.4, 0.5) is 0 Å². The minimum absolute atomic E-state index is 0.792. The van der Waals surface area contributed by atoms with Crippen molar-refractivity contribution in [3.05, 3.63) is 41.5 Å². The summed E-state index contributed by atoms with van der Waals surface area (Å²) in [6.45, 7) is 4.05. The minimum Gasteiger partial charge on any atom is -0.298 e. The van der Waals surface area contributed by atoms with Crippen LogP contribution in [0.15, 0.2) is 30.3 Å². The van der Waals surface area contributed by atoms with E-state index < -0.39 is 0 Å². The van der Waals surface area contributed by atoms with Crippen LogP contribution < -0.4 is 0 Å². The Bertz CT molecular complexity index is 324. The molecule has 0 aromatic heterocycles. The molecule has 0 amide bonds. The summed E-state index contributed by atoms with van der Waals surface area (Å²) in [7, 11) is 0. The van der Waals surface area contributed by atoms with Crippen molar-refractivity contribution in [2.45, 2.75) is 20.3 Å². The van der Waals surface area contributed by atoms with Crippen LogP contribution in [0.5, 0.6) is 0 Å². The summed E-state index contributed by atoms with van der Waals surface area (Å²) >= 11 is 0. The molecule has 0 aliphatic heterocycles. The Hall–Kier alpha value is -1.37. The van der Waals surface area contributed by atoms with E-state index in [4.69, 9.17) is 0 Å². The lowest BCUT2D eigenvalue weighted by Crippen LogP contribution is -1.89. The number of aldehydes is 1. The second kappa shape index (κ2) is 4.61. The van der Waals surface area contributed by atoms with Gasteiger partial charge in [0, 0.05) is 5.57 Å². The van der Waals surface area contributed by atoms with Gasteiger partial charge in [0.15, 0.2) is 0 Å². The summed E-state index contributed by atoms with van der Waals surface area (Å²) in [6.07, 6.45) is 3.77. The molecule has 1 nitrogen and oxygen atoms in total. The molecule has 0 atom stereocenters. The second-order valence-corrected chi connectivity index (χ2v) is 3.00. The third-order valence-corrected chi connectivity index (χ3v) is 2.01. The summed E-state index contributed by atoms with van der Waals surface area (Å²) in [5.74, 6) is 0. The van der Waals surface area contributed by atoms with Crippen molar-refractivity contribution in [2.24, 2.45) is 0 Å². The Labute approximate surface area is 79.1 Å². The molecule has 0 aliphatic rings. The molecule has 0 radical (unpaired) electrons. The topological polar surface area (TPSA) is 17.1 Å². The van der Waals surface area contributed by atoms with Crippen molar-refractivity contribution in [3.63, 3.8) is 0 Å². The summed E-state index contributed by atoms with van der Waals surface area (Å²) < 4.78 is 0. The first-order valence-electron chi connectivity index (χ1n) is 4.51. The molecule has 0 heterocycles. The van der Waals surface area contributed by atoms with Crippen LogP contribution in [0.2, 0.25) is 0 Å². The van der Waals surface area contributed by atoms with Crippen LogP contribution in [0.3, 0.4) is 0 Å². The van der Waals surface area contributed by atoms with Gasteiger partial charge >= 0.3 is 0 Å². The number of hydrogen-bond acceptors (Lipinski definition) is 1. The summed E-state index contributed by atoms with van der Waals surface area (Å²) in [5, 5.41) is 0. The van der Waals surface area contributed by atoms with Gasteiger partial charge in [-0.05, 0) is 24.5 Å². The fourth-order valence-corrected chi connectivity index (χ4v) is 1.34. The van der Waals surface area contributed by atoms with Crippen molar-refractivity contribution in [1.29, 1.82) is 0 Å². The molecule has 1 rings (SSSR count). The Morgan fingerprint density at radius 2 is 2.08 bits per heavy atom. The molecule has 68 valence electrons. The maximum absolute atomic E-state index is 10.8. The first-order chi connectivity index (χ1) is 6.29. The molecule has 0 bridgehead atoms. The van der Waals surface area contributed by atoms with Crippen molar-refractivity contribution in [1.82, 2.24) is 0 Å². The average Bonchev–Trinajstić information content (AvgIpc) is 2.16. The van der Waals surface area contributed by atoms with Crippen LogP contribution >= 0.6 is 0 Å². The SMILES string of the molecule is CC/C=C(/C=O)c1ccccc1C. The van der Waals surface area contributed by atoms with Gasteiger partial charge in [0.2, 0.25) is 0 Å². The van der Waals surface area contributed by atoms with Crippen molar-refractivity contribution in [2.75, 3.05) is 0 Å². The predicted octanol–water partition coefficient (Wildman–Crippen LogP) is 2.99. The van der Waals surface area contributed by atoms with E-state index in [9.17, 15) is 4.79 Å². The fraction of sp³-hybridized carbons (Fsp3) is 0.250. The Morgan fingerprint density at radius 3 is 2.62 bits per heavy atom. The molecule has 1 aromatic rings. The molecular weight excluding hydrogens is 160 g/mol. The quantitative estimate of drug-likeness (QED) is 0.508. The van der Waals surface area contributed by atoms with Crippen LogP contribution in [0, 0.1) is 6.92 Å². The van der Waals surface area contributed by atoms with Crippen molar-refractivity contribution in [3.8, 4) is 0 Å². The lowest BCUT2D eigenvalue weighted by atomic mass is 10.0. The monoisotopic (exact) mass is 174 g/mol. The first kappa shape index (κ1) is 9.72. The molecule has 1 heteroatoms. The minimum atomic E-state index is 0.792. The van der Waals surface area contributed by atoms with Gasteiger partial charge in [0.1, 0.15) is 6.29 Å². The maximum Gasteiger partial charge on any atom is 0.150 e. The number of benzene rings is 1.